The minimum atomic E-state index is 0.344. The van der Waals surface area contributed by atoms with Gasteiger partial charge in [0.15, 0.2) is 0 Å². The van der Waals surface area contributed by atoms with E-state index in [4.69, 9.17) is 0 Å². The van der Waals surface area contributed by atoms with Gasteiger partial charge in [-0.15, -0.1) is 11.8 Å². The molecule has 0 fully saturated rings. The van der Waals surface area contributed by atoms with E-state index < -0.39 is 0 Å². The van der Waals surface area contributed by atoms with Crippen molar-refractivity contribution in [3.63, 3.8) is 0 Å². The van der Waals surface area contributed by atoms with Gasteiger partial charge in [0.05, 0.1) is 5.69 Å². The molecule has 0 radical (unpaired) electrons. The fourth-order valence-electron chi connectivity index (χ4n) is 3.11. The SMILES string of the molecule is CC1C2=C(CSc3cccnc32)c2cc(O)ccc21. The van der Waals surface area contributed by atoms with Crippen LogP contribution in [-0.4, -0.2) is 15.8 Å². The molecule has 19 heavy (non-hydrogen) atoms. The quantitative estimate of drug-likeness (QED) is 0.785. The van der Waals surface area contributed by atoms with Crippen LogP contribution in [0, 0.1) is 0 Å². The minimum absolute atomic E-state index is 0.344. The van der Waals surface area contributed by atoms with Crippen molar-refractivity contribution in [3.05, 3.63) is 53.3 Å². The molecular formula is C16H13NOS. The molecule has 2 aliphatic rings. The summed E-state index contributed by atoms with van der Waals surface area (Å²) in [6.45, 7) is 2.23. The van der Waals surface area contributed by atoms with Crippen molar-refractivity contribution in [2.24, 2.45) is 0 Å². The molecule has 1 aromatic carbocycles. The summed E-state index contributed by atoms with van der Waals surface area (Å²) in [6.07, 6.45) is 1.86. The highest BCUT2D eigenvalue weighted by molar-refractivity contribution is 7.99. The normalized spacial score (nSPS) is 19.9. The number of allylic oxidation sites excluding steroid dienone is 1. The Morgan fingerprint density at radius 3 is 3.11 bits per heavy atom. The predicted molar refractivity (Wildman–Crippen MR) is 78.3 cm³/mol. The van der Waals surface area contributed by atoms with Crippen molar-refractivity contribution in [2.45, 2.75) is 17.7 Å². The maximum Gasteiger partial charge on any atom is 0.116 e. The zero-order valence-corrected chi connectivity index (χ0v) is 11.4. The van der Waals surface area contributed by atoms with Crippen LogP contribution in [0.25, 0.3) is 11.1 Å². The zero-order chi connectivity index (χ0) is 13.0. The molecule has 2 heterocycles. The van der Waals surface area contributed by atoms with E-state index in [2.05, 4.69) is 18.0 Å². The fourth-order valence-corrected chi connectivity index (χ4v) is 4.19. The van der Waals surface area contributed by atoms with Crippen molar-refractivity contribution in [1.82, 2.24) is 4.98 Å². The highest BCUT2D eigenvalue weighted by atomic mass is 32.2. The molecule has 1 aliphatic carbocycles. The van der Waals surface area contributed by atoms with Crippen molar-refractivity contribution in [3.8, 4) is 5.75 Å². The molecular weight excluding hydrogens is 254 g/mol. The standard InChI is InChI=1S/C16H13NOS/c1-9-11-5-4-10(18)7-12(11)13-8-19-14-3-2-6-17-16(14)15(9)13/h2-7,9,18H,8H2,1H3. The van der Waals surface area contributed by atoms with Gasteiger partial charge in [-0.05, 0) is 46.5 Å². The van der Waals surface area contributed by atoms with Crippen LogP contribution in [0.2, 0.25) is 0 Å². The summed E-state index contributed by atoms with van der Waals surface area (Å²) in [5.74, 6) is 1.67. The van der Waals surface area contributed by atoms with Crippen molar-refractivity contribution in [1.29, 1.82) is 0 Å². The Bertz CT molecular complexity index is 720. The second kappa shape index (κ2) is 3.87. The van der Waals surface area contributed by atoms with Gasteiger partial charge in [-0.3, -0.25) is 4.98 Å². The smallest absolute Gasteiger partial charge is 0.116 e. The number of aromatic hydroxyl groups is 1. The lowest BCUT2D eigenvalue weighted by Crippen LogP contribution is -2.02. The second-order valence-electron chi connectivity index (χ2n) is 5.02. The molecule has 0 saturated carbocycles. The predicted octanol–water partition coefficient (Wildman–Crippen LogP) is 3.92. The average Bonchev–Trinajstić information content (AvgIpc) is 2.72. The summed E-state index contributed by atoms with van der Waals surface area (Å²) in [5, 5.41) is 9.72. The summed E-state index contributed by atoms with van der Waals surface area (Å²) in [4.78, 5) is 5.85. The molecule has 1 atom stereocenters. The molecule has 4 rings (SSSR count). The Morgan fingerprint density at radius 2 is 2.21 bits per heavy atom. The molecule has 3 heteroatoms. The number of benzene rings is 1. The third-order valence-electron chi connectivity index (χ3n) is 3.98. The van der Waals surface area contributed by atoms with Crippen molar-refractivity contribution >= 4 is 22.9 Å². The molecule has 1 unspecified atom stereocenters. The van der Waals surface area contributed by atoms with E-state index in [0.29, 0.717) is 11.7 Å². The number of rotatable bonds is 0. The van der Waals surface area contributed by atoms with E-state index in [1.807, 2.05) is 36.2 Å². The molecule has 0 amide bonds. The van der Waals surface area contributed by atoms with Crippen molar-refractivity contribution < 1.29 is 5.11 Å². The Morgan fingerprint density at radius 1 is 1.32 bits per heavy atom. The number of pyridine rings is 1. The van der Waals surface area contributed by atoms with Gasteiger partial charge in [0.1, 0.15) is 5.75 Å². The van der Waals surface area contributed by atoms with Crippen molar-refractivity contribution in [2.75, 3.05) is 5.75 Å². The first-order chi connectivity index (χ1) is 9.25. The highest BCUT2D eigenvalue weighted by Crippen LogP contribution is 2.52. The molecule has 2 aromatic rings. The number of fused-ring (bicyclic) bond motifs is 4. The van der Waals surface area contributed by atoms with Crippen LogP contribution in [-0.2, 0) is 0 Å². The van der Waals surface area contributed by atoms with Crippen LogP contribution in [0.5, 0.6) is 5.75 Å². The molecule has 94 valence electrons. The number of hydrogen-bond acceptors (Lipinski definition) is 3. The molecule has 0 bridgehead atoms. The first-order valence-electron chi connectivity index (χ1n) is 6.40. The third kappa shape index (κ3) is 1.48. The van der Waals surface area contributed by atoms with Gasteiger partial charge in [0.2, 0.25) is 0 Å². The second-order valence-corrected chi connectivity index (χ2v) is 6.04. The molecule has 0 saturated heterocycles. The Hall–Kier alpha value is -1.74. The van der Waals surface area contributed by atoms with E-state index in [9.17, 15) is 5.11 Å². The van der Waals surface area contributed by atoms with Crippen LogP contribution in [0.15, 0.2) is 41.4 Å². The maximum atomic E-state index is 9.72. The van der Waals surface area contributed by atoms with E-state index in [-0.39, 0.29) is 0 Å². The van der Waals surface area contributed by atoms with E-state index >= 15 is 0 Å². The van der Waals surface area contributed by atoms with Gasteiger partial charge in [-0.25, -0.2) is 0 Å². The highest BCUT2D eigenvalue weighted by Gasteiger charge is 2.33. The zero-order valence-electron chi connectivity index (χ0n) is 10.6. The molecule has 1 aliphatic heterocycles. The summed E-state index contributed by atoms with van der Waals surface area (Å²) in [7, 11) is 0. The van der Waals surface area contributed by atoms with Gasteiger partial charge in [0, 0.05) is 22.8 Å². The summed E-state index contributed by atoms with van der Waals surface area (Å²) in [5.41, 5.74) is 6.31. The van der Waals surface area contributed by atoms with E-state index in [1.165, 1.54) is 27.2 Å². The van der Waals surface area contributed by atoms with Crippen LogP contribution in [0.3, 0.4) is 0 Å². The van der Waals surface area contributed by atoms with Gasteiger partial charge in [0.25, 0.3) is 0 Å². The topological polar surface area (TPSA) is 33.1 Å². The number of thioether (sulfide) groups is 1. The lowest BCUT2D eigenvalue weighted by atomic mass is 9.95. The van der Waals surface area contributed by atoms with Crippen LogP contribution >= 0.6 is 11.8 Å². The molecule has 1 N–H and O–H groups in total. The first kappa shape index (κ1) is 11.1. The molecule has 1 aromatic heterocycles. The Labute approximate surface area is 116 Å². The minimum Gasteiger partial charge on any atom is -0.508 e. The average molecular weight is 267 g/mol. The first-order valence-corrected chi connectivity index (χ1v) is 7.39. The monoisotopic (exact) mass is 267 g/mol. The molecule has 0 spiro atoms. The Balaban J connectivity index is 1.99. The van der Waals surface area contributed by atoms with Gasteiger partial charge >= 0.3 is 0 Å². The lowest BCUT2D eigenvalue weighted by Gasteiger charge is -2.19. The van der Waals surface area contributed by atoms with Gasteiger partial charge in [-0.2, -0.15) is 0 Å². The number of hydrogen-bond donors (Lipinski definition) is 1. The maximum absolute atomic E-state index is 9.72. The Kier molecular flexibility index (Phi) is 2.27. The number of aromatic nitrogens is 1. The van der Waals surface area contributed by atoms with E-state index in [1.54, 1.807) is 6.07 Å². The third-order valence-corrected chi connectivity index (χ3v) is 5.06. The number of nitrogens with zero attached hydrogens (tertiary/aromatic N) is 1. The summed E-state index contributed by atoms with van der Waals surface area (Å²) in [6, 6.07) is 9.85. The fraction of sp³-hybridized carbons (Fsp3) is 0.188. The number of phenolic OH excluding ortho intramolecular Hbond substituents is 1. The van der Waals surface area contributed by atoms with Crippen LogP contribution < -0.4 is 0 Å². The number of phenols is 1. The summed E-state index contributed by atoms with van der Waals surface area (Å²) < 4.78 is 0. The van der Waals surface area contributed by atoms with Crippen LogP contribution in [0.1, 0.15) is 29.7 Å². The van der Waals surface area contributed by atoms with Gasteiger partial charge in [-0.1, -0.05) is 13.0 Å². The largest absolute Gasteiger partial charge is 0.508 e. The van der Waals surface area contributed by atoms with E-state index in [0.717, 1.165) is 11.4 Å². The molecule has 2 nitrogen and oxygen atoms in total. The van der Waals surface area contributed by atoms with Gasteiger partial charge < -0.3 is 5.11 Å². The van der Waals surface area contributed by atoms with Crippen LogP contribution in [0.4, 0.5) is 0 Å². The summed E-state index contributed by atoms with van der Waals surface area (Å²) >= 11 is 1.83. The lowest BCUT2D eigenvalue weighted by molar-refractivity contribution is 0.475.